The van der Waals surface area contributed by atoms with Crippen LogP contribution in [0.3, 0.4) is 0 Å². The van der Waals surface area contributed by atoms with Gasteiger partial charge in [0.25, 0.3) is 0 Å². The number of fused-ring (bicyclic) bond motifs is 3. The Balaban J connectivity index is 2.16. The standard InChI is InChI=1S/C17H22O5/c1-9-4-5-12-11(6-9)15-13(18)7-10(17(19,20)21)8-14(15)22-16(12,2)3/h4,7-8,11-12,18-21H,5-6H2,1-3H3. The quantitative estimate of drug-likeness (QED) is 0.471. The fourth-order valence-electron chi connectivity index (χ4n) is 3.76. The molecule has 0 bridgehead atoms. The van der Waals surface area contributed by atoms with Crippen LogP contribution in [-0.4, -0.2) is 26.0 Å². The molecule has 3 rings (SSSR count). The van der Waals surface area contributed by atoms with Crippen molar-refractivity contribution in [1.29, 1.82) is 0 Å². The third-order valence-corrected chi connectivity index (χ3v) is 4.89. The van der Waals surface area contributed by atoms with Crippen molar-refractivity contribution in [3.05, 3.63) is 34.9 Å². The van der Waals surface area contributed by atoms with Gasteiger partial charge in [-0.25, -0.2) is 0 Å². The van der Waals surface area contributed by atoms with Gasteiger partial charge in [-0.3, -0.25) is 0 Å². The van der Waals surface area contributed by atoms with Gasteiger partial charge in [0.05, 0.1) is 0 Å². The Labute approximate surface area is 129 Å². The average Bonchev–Trinajstić information content (AvgIpc) is 2.35. The van der Waals surface area contributed by atoms with Gasteiger partial charge in [0.2, 0.25) is 0 Å². The monoisotopic (exact) mass is 306 g/mol. The minimum absolute atomic E-state index is 0.0748. The lowest BCUT2D eigenvalue weighted by Gasteiger charge is -2.47. The molecule has 0 saturated heterocycles. The molecular formula is C17H22O5. The molecule has 22 heavy (non-hydrogen) atoms. The van der Waals surface area contributed by atoms with Gasteiger partial charge in [-0.15, -0.1) is 0 Å². The summed E-state index contributed by atoms with van der Waals surface area (Å²) >= 11 is 0. The van der Waals surface area contributed by atoms with E-state index in [1.165, 1.54) is 17.7 Å². The number of hydrogen-bond donors (Lipinski definition) is 4. The molecule has 1 aromatic rings. The summed E-state index contributed by atoms with van der Waals surface area (Å²) < 4.78 is 6.02. The summed E-state index contributed by atoms with van der Waals surface area (Å²) in [6.07, 6.45) is 3.93. The maximum Gasteiger partial charge on any atom is 0.304 e. The first-order valence-electron chi connectivity index (χ1n) is 7.49. The topological polar surface area (TPSA) is 90.2 Å². The Morgan fingerprint density at radius 1 is 1.23 bits per heavy atom. The molecule has 0 fully saturated rings. The van der Waals surface area contributed by atoms with E-state index in [-0.39, 0.29) is 23.1 Å². The van der Waals surface area contributed by atoms with Crippen LogP contribution in [0.1, 0.15) is 50.7 Å². The normalized spacial score (nSPS) is 26.5. The Bertz CT molecular complexity index is 639. The molecule has 5 heteroatoms. The zero-order chi connectivity index (χ0) is 16.3. The van der Waals surface area contributed by atoms with Crippen LogP contribution in [0.5, 0.6) is 11.5 Å². The number of rotatable bonds is 1. The van der Waals surface area contributed by atoms with Crippen molar-refractivity contribution in [1.82, 2.24) is 0 Å². The summed E-state index contributed by atoms with van der Waals surface area (Å²) in [6, 6.07) is 2.58. The maximum absolute atomic E-state index is 10.4. The summed E-state index contributed by atoms with van der Waals surface area (Å²) in [7, 11) is 0. The molecule has 2 atom stereocenters. The number of aliphatic hydroxyl groups is 3. The van der Waals surface area contributed by atoms with Gasteiger partial charge in [-0.2, -0.15) is 0 Å². The van der Waals surface area contributed by atoms with Gasteiger partial charge in [-0.1, -0.05) is 11.6 Å². The second kappa shape index (κ2) is 4.72. The van der Waals surface area contributed by atoms with Gasteiger partial charge in [0, 0.05) is 23.0 Å². The highest BCUT2D eigenvalue weighted by atomic mass is 16.7. The number of hydrogen-bond acceptors (Lipinski definition) is 5. The van der Waals surface area contributed by atoms with Crippen LogP contribution in [0.4, 0.5) is 0 Å². The van der Waals surface area contributed by atoms with Crippen molar-refractivity contribution in [2.45, 2.75) is 51.1 Å². The molecule has 0 aromatic heterocycles. The number of ether oxygens (including phenoxy) is 1. The van der Waals surface area contributed by atoms with Crippen LogP contribution in [0, 0.1) is 5.92 Å². The first kappa shape index (κ1) is 15.3. The van der Waals surface area contributed by atoms with Crippen LogP contribution < -0.4 is 4.74 Å². The van der Waals surface area contributed by atoms with Gasteiger partial charge >= 0.3 is 5.97 Å². The molecule has 1 heterocycles. The van der Waals surface area contributed by atoms with E-state index >= 15 is 0 Å². The highest BCUT2D eigenvalue weighted by molar-refractivity contribution is 5.53. The van der Waals surface area contributed by atoms with Crippen LogP contribution in [-0.2, 0) is 5.97 Å². The highest BCUT2D eigenvalue weighted by Crippen LogP contribution is 2.54. The van der Waals surface area contributed by atoms with Crippen molar-refractivity contribution in [3.63, 3.8) is 0 Å². The van der Waals surface area contributed by atoms with E-state index in [1.54, 1.807) is 0 Å². The third kappa shape index (κ3) is 2.39. The van der Waals surface area contributed by atoms with Crippen molar-refractivity contribution < 1.29 is 25.2 Å². The molecule has 120 valence electrons. The number of aromatic hydroxyl groups is 1. The molecule has 4 N–H and O–H groups in total. The van der Waals surface area contributed by atoms with Crippen molar-refractivity contribution in [2.24, 2.45) is 5.92 Å². The van der Waals surface area contributed by atoms with E-state index in [1.807, 2.05) is 13.8 Å². The van der Waals surface area contributed by atoms with E-state index < -0.39 is 11.6 Å². The molecule has 0 amide bonds. The van der Waals surface area contributed by atoms with Crippen LogP contribution in [0.25, 0.3) is 0 Å². The first-order chi connectivity index (χ1) is 10.1. The molecule has 0 saturated carbocycles. The van der Waals surface area contributed by atoms with E-state index in [4.69, 9.17) is 4.74 Å². The van der Waals surface area contributed by atoms with Crippen molar-refractivity contribution in [2.75, 3.05) is 0 Å². The summed E-state index contributed by atoms with van der Waals surface area (Å²) in [5, 5.41) is 38.4. The van der Waals surface area contributed by atoms with E-state index in [0.29, 0.717) is 11.3 Å². The van der Waals surface area contributed by atoms with Gasteiger partial charge < -0.3 is 25.2 Å². The number of phenolic OH excluding ortho intramolecular Hbond substituents is 1. The summed E-state index contributed by atoms with van der Waals surface area (Å²) in [6.45, 7) is 6.07. The van der Waals surface area contributed by atoms with Crippen molar-refractivity contribution >= 4 is 0 Å². The first-order valence-corrected chi connectivity index (χ1v) is 7.49. The fourth-order valence-corrected chi connectivity index (χ4v) is 3.76. The smallest absolute Gasteiger partial charge is 0.304 e. The Hall–Kier alpha value is -1.56. The fraction of sp³-hybridized carbons (Fsp3) is 0.529. The third-order valence-electron chi connectivity index (χ3n) is 4.89. The lowest BCUT2D eigenvalue weighted by atomic mass is 9.67. The minimum atomic E-state index is -3.00. The molecule has 2 aliphatic rings. The molecule has 2 unspecified atom stereocenters. The predicted octanol–water partition coefficient (Wildman–Crippen LogP) is 2.09. The molecule has 5 nitrogen and oxygen atoms in total. The van der Waals surface area contributed by atoms with E-state index in [0.717, 1.165) is 12.8 Å². The second-order valence-corrected chi connectivity index (χ2v) is 6.95. The maximum atomic E-state index is 10.4. The summed E-state index contributed by atoms with van der Waals surface area (Å²) in [5.74, 6) is -2.32. The van der Waals surface area contributed by atoms with Crippen LogP contribution in [0.2, 0.25) is 0 Å². The van der Waals surface area contributed by atoms with Crippen LogP contribution >= 0.6 is 0 Å². The number of benzene rings is 1. The summed E-state index contributed by atoms with van der Waals surface area (Å²) in [4.78, 5) is 0. The Morgan fingerprint density at radius 2 is 1.91 bits per heavy atom. The average molecular weight is 306 g/mol. The van der Waals surface area contributed by atoms with Crippen LogP contribution in [0.15, 0.2) is 23.8 Å². The lowest BCUT2D eigenvalue weighted by molar-refractivity contribution is -0.324. The molecular weight excluding hydrogens is 284 g/mol. The molecule has 1 aliphatic carbocycles. The molecule has 0 spiro atoms. The predicted molar refractivity (Wildman–Crippen MR) is 80.4 cm³/mol. The zero-order valence-corrected chi connectivity index (χ0v) is 13.0. The molecule has 1 aliphatic heterocycles. The van der Waals surface area contributed by atoms with E-state index in [9.17, 15) is 20.4 Å². The van der Waals surface area contributed by atoms with Gasteiger partial charge in [0.1, 0.15) is 17.1 Å². The van der Waals surface area contributed by atoms with Gasteiger partial charge in [0.15, 0.2) is 0 Å². The Morgan fingerprint density at radius 3 is 2.55 bits per heavy atom. The number of allylic oxidation sites excluding steroid dienone is 2. The molecule has 0 radical (unpaired) electrons. The Kier molecular flexibility index (Phi) is 3.29. The second-order valence-electron chi connectivity index (χ2n) is 6.95. The summed E-state index contributed by atoms with van der Waals surface area (Å²) in [5.41, 5.74) is 1.31. The van der Waals surface area contributed by atoms with E-state index in [2.05, 4.69) is 13.0 Å². The lowest BCUT2D eigenvalue weighted by Crippen LogP contribution is -2.45. The van der Waals surface area contributed by atoms with Crippen molar-refractivity contribution in [3.8, 4) is 11.5 Å². The SMILES string of the molecule is CC1=CCC2C(C1)c1c(O)cc(C(O)(O)O)cc1OC2(C)C. The number of phenols is 1. The largest absolute Gasteiger partial charge is 0.508 e. The highest BCUT2D eigenvalue weighted by Gasteiger charge is 2.46. The molecule has 1 aromatic carbocycles. The van der Waals surface area contributed by atoms with Gasteiger partial charge in [-0.05, 0) is 45.7 Å². The minimum Gasteiger partial charge on any atom is -0.508 e. The zero-order valence-electron chi connectivity index (χ0n) is 13.0.